The highest BCUT2D eigenvalue weighted by Crippen LogP contribution is 2.22. The van der Waals surface area contributed by atoms with E-state index >= 15 is 0 Å². The summed E-state index contributed by atoms with van der Waals surface area (Å²) in [6.07, 6.45) is 2.21. The van der Waals surface area contributed by atoms with Crippen LogP contribution >= 0.6 is 0 Å². The molecule has 0 aromatic rings. The molecule has 1 rings (SSSR count). The topological polar surface area (TPSA) is 32.8 Å². The highest BCUT2D eigenvalue weighted by molar-refractivity contribution is 5.81. The minimum absolute atomic E-state index is 0.0330. The van der Waals surface area contributed by atoms with Crippen molar-refractivity contribution in [2.24, 2.45) is 11.8 Å². The zero-order valence-corrected chi connectivity index (χ0v) is 13.2. The van der Waals surface area contributed by atoms with Crippen molar-refractivity contribution >= 4 is 5.91 Å². The van der Waals surface area contributed by atoms with Gasteiger partial charge < -0.3 is 9.64 Å². The lowest BCUT2D eigenvalue weighted by molar-refractivity contribution is -0.138. The molecule has 0 aromatic carbocycles. The third-order valence-corrected chi connectivity index (χ3v) is 4.06. The molecular formula is C15H30N2O2. The lowest BCUT2D eigenvalue weighted by atomic mass is 9.91. The second kappa shape index (κ2) is 7.85. The summed E-state index contributed by atoms with van der Waals surface area (Å²) in [7, 11) is 3.74. The van der Waals surface area contributed by atoms with Crippen LogP contribution in [-0.2, 0) is 9.53 Å². The van der Waals surface area contributed by atoms with E-state index in [1.54, 1.807) is 7.11 Å². The number of nitrogens with zero attached hydrogens (tertiary/aromatic N) is 2. The molecule has 3 unspecified atom stereocenters. The van der Waals surface area contributed by atoms with Gasteiger partial charge in [-0.25, -0.2) is 0 Å². The third-order valence-electron chi connectivity index (χ3n) is 4.06. The average molecular weight is 270 g/mol. The van der Waals surface area contributed by atoms with Gasteiger partial charge in [0.15, 0.2) is 0 Å². The lowest BCUT2D eigenvalue weighted by Crippen LogP contribution is -2.50. The first kappa shape index (κ1) is 16.4. The van der Waals surface area contributed by atoms with Crippen LogP contribution in [-0.4, -0.2) is 62.1 Å². The van der Waals surface area contributed by atoms with Crippen molar-refractivity contribution in [3.8, 4) is 0 Å². The van der Waals surface area contributed by atoms with E-state index in [9.17, 15) is 4.79 Å². The number of likely N-dealkylation sites (N-methyl/N-ethyl adjacent to an activating group) is 1. The van der Waals surface area contributed by atoms with E-state index in [0.29, 0.717) is 11.8 Å². The molecule has 1 heterocycles. The van der Waals surface area contributed by atoms with Crippen LogP contribution in [0.15, 0.2) is 0 Å². The molecule has 0 aliphatic carbocycles. The zero-order chi connectivity index (χ0) is 14.4. The smallest absolute Gasteiger partial charge is 0.239 e. The number of likely N-dealkylation sites (tertiary alicyclic amines) is 1. The van der Waals surface area contributed by atoms with E-state index in [1.165, 1.54) is 6.42 Å². The first-order valence-electron chi connectivity index (χ1n) is 7.43. The van der Waals surface area contributed by atoms with E-state index in [4.69, 9.17) is 4.74 Å². The van der Waals surface area contributed by atoms with Gasteiger partial charge in [-0.05, 0) is 38.6 Å². The molecule has 0 radical (unpaired) electrons. The van der Waals surface area contributed by atoms with Crippen molar-refractivity contribution in [1.82, 2.24) is 9.80 Å². The monoisotopic (exact) mass is 270 g/mol. The normalized spacial score (nSPS) is 25.7. The van der Waals surface area contributed by atoms with Gasteiger partial charge in [0.25, 0.3) is 0 Å². The third kappa shape index (κ3) is 5.11. The van der Waals surface area contributed by atoms with Crippen LogP contribution in [0.1, 0.15) is 33.6 Å². The van der Waals surface area contributed by atoms with Gasteiger partial charge in [0.2, 0.25) is 5.91 Å². The summed E-state index contributed by atoms with van der Waals surface area (Å²) in [6, 6.07) is -0.0330. The fourth-order valence-corrected chi connectivity index (χ4v) is 2.95. The van der Waals surface area contributed by atoms with Crippen LogP contribution < -0.4 is 0 Å². The van der Waals surface area contributed by atoms with Crippen LogP contribution in [0.2, 0.25) is 0 Å². The fraction of sp³-hybridized carbons (Fsp3) is 0.933. The van der Waals surface area contributed by atoms with Gasteiger partial charge in [0.1, 0.15) is 0 Å². The van der Waals surface area contributed by atoms with E-state index in [1.807, 2.05) is 14.0 Å². The van der Waals surface area contributed by atoms with Crippen molar-refractivity contribution in [3.63, 3.8) is 0 Å². The fourth-order valence-electron chi connectivity index (χ4n) is 2.95. The van der Waals surface area contributed by atoms with Gasteiger partial charge in [-0.2, -0.15) is 0 Å². The summed E-state index contributed by atoms with van der Waals surface area (Å²) in [4.78, 5) is 16.7. The Morgan fingerprint density at radius 1 is 1.37 bits per heavy atom. The van der Waals surface area contributed by atoms with Crippen molar-refractivity contribution in [2.45, 2.75) is 39.7 Å². The largest absolute Gasteiger partial charge is 0.385 e. The molecule has 0 N–H and O–H groups in total. The van der Waals surface area contributed by atoms with Crippen molar-refractivity contribution in [3.05, 3.63) is 0 Å². The highest BCUT2D eigenvalue weighted by Gasteiger charge is 2.29. The minimum Gasteiger partial charge on any atom is -0.385 e. The molecule has 1 fully saturated rings. The maximum atomic E-state index is 12.5. The predicted molar refractivity (Wildman–Crippen MR) is 78.1 cm³/mol. The molecule has 1 saturated heterocycles. The number of piperidine rings is 1. The average Bonchev–Trinajstić information content (AvgIpc) is 2.36. The summed E-state index contributed by atoms with van der Waals surface area (Å²) in [5.74, 6) is 1.52. The Balaban J connectivity index is 2.46. The summed E-state index contributed by atoms with van der Waals surface area (Å²) in [6.45, 7) is 9.98. The minimum atomic E-state index is -0.0330. The molecule has 1 aliphatic rings. The number of carbonyl (C=O) groups is 1. The van der Waals surface area contributed by atoms with Gasteiger partial charge in [0, 0.05) is 33.4 Å². The Labute approximate surface area is 118 Å². The van der Waals surface area contributed by atoms with Crippen LogP contribution in [0.3, 0.4) is 0 Å². The molecular weight excluding hydrogens is 240 g/mol. The van der Waals surface area contributed by atoms with Crippen LogP contribution in [0.25, 0.3) is 0 Å². The Hall–Kier alpha value is -0.610. The Bertz CT molecular complexity index is 273. The van der Waals surface area contributed by atoms with Crippen LogP contribution in [0, 0.1) is 11.8 Å². The molecule has 0 saturated carbocycles. The first-order chi connectivity index (χ1) is 8.95. The van der Waals surface area contributed by atoms with Gasteiger partial charge in [-0.3, -0.25) is 9.69 Å². The maximum Gasteiger partial charge on any atom is 0.239 e. The molecule has 4 nitrogen and oxygen atoms in total. The molecule has 1 aliphatic heterocycles. The maximum absolute atomic E-state index is 12.5. The highest BCUT2D eigenvalue weighted by atomic mass is 16.5. The van der Waals surface area contributed by atoms with Gasteiger partial charge in [0.05, 0.1) is 6.04 Å². The van der Waals surface area contributed by atoms with Gasteiger partial charge in [-0.15, -0.1) is 0 Å². The number of hydrogen-bond donors (Lipinski definition) is 0. The van der Waals surface area contributed by atoms with E-state index < -0.39 is 0 Å². The summed E-state index contributed by atoms with van der Waals surface area (Å²) < 4.78 is 5.05. The summed E-state index contributed by atoms with van der Waals surface area (Å²) >= 11 is 0. The standard InChI is InChI=1S/C15H30N2O2/c1-12-9-13(2)11-17(10-12)15(18)14(3)16(4)7-6-8-19-5/h12-14H,6-11H2,1-5H3. The van der Waals surface area contributed by atoms with Crippen LogP contribution in [0.4, 0.5) is 0 Å². The molecule has 1 amide bonds. The molecule has 3 atom stereocenters. The summed E-state index contributed by atoms with van der Waals surface area (Å²) in [5.41, 5.74) is 0. The van der Waals surface area contributed by atoms with Crippen LogP contribution in [0.5, 0.6) is 0 Å². The quantitative estimate of drug-likeness (QED) is 0.691. The van der Waals surface area contributed by atoms with E-state index in [0.717, 1.165) is 32.7 Å². The molecule has 0 bridgehead atoms. The van der Waals surface area contributed by atoms with Gasteiger partial charge >= 0.3 is 0 Å². The van der Waals surface area contributed by atoms with Gasteiger partial charge in [-0.1, -0.05) is 13.8 Å². The zero-order valence-electron chi connectivity index (χ0n) is 13.2. The second-order valence-electron chi connectivity index (χ2n) is 6.19. The molecule has 19 heavy (non-hydrogen) atoms. The number of hydrogen-bond acceptors (Lipinski definition) is 3. The van der Waals surface area contributed by atoms with Crippen molar-refractivity contribution in [2.75, 3.05) is 40.4 Å². The van der Waals surface area contributed by atoms with E-state index in [-0.39, 0.29) is 11.9 Å². The number of ether oxygens (including phenoxy) is 1. The second-order valence-corrected chi connectivity index (χ2v) is 6.19. The molecule has 4 heteroatoms. The number of rotatable bonds is 6. The molecule has 112 valence electrons. The first-order valence-corrected chi connectivity index (χ1v) is 7.43. The lowest BCUT2D eigenvalue weighted by Gasteiger charge is -2.38. The Morgan fingerprint density at radius 2 is 1.95 bits per heavy atom. The van der Waals surface area contributed by atoms with E-state index in [2.05, 4.69) is 23.6 Å². The molecule has 0 spiro atoms. The molecule has 0 aromatic heterocycles. The number of carbonyl (C=O) groups excluding carboxylic acids is 1. The summed E-state index contributed by atoms with van der Waals surface area (Å²) in [5, 5.41) is 0. The SMILES string of the molecule is COCCCN(C)C(C)C(=O)N1CC(C)CC(C)C1. The number of amides is 1. The van der Waals surface area contributed by atoms with Crippen molar-refractivity contribution < 1.29 is 9.53 Å². The van der Waals surface area contributed by atoms with Crippen molar-refractivity contribution in [1.29, 1.82) is 0 Å². The Morgan fingerprint density at radius 3 is 2.47 bits per heavy atom. The Kier molecular flexibility index (Phi) is 6.80. The predicted octanol–water partition coefficient (Wildman–Crippen LogP) is 1.85. The number of methoxy groups -OCH3 is 1.